The van der Waals surface area contributed by atoms with Gasteiger partial charge < -0.3 is 35.4 Å². The Labute approximate surface area is 227 Å². The van der Waals surface area contributed by atoms with Crippen LogP contribution in [0.3, 0.4) is 0 Å². The highest BCUT2D eigenvalue weighted by Crippen LogP contribution is 2.28. The second-order valence-corrected chi connectivity index (χ2v) is 9.78. The molecule has 0 saturated carbocycles. The molecule has 0 radical (unpaired) electrons. The quantitative estimate of drug-likeness (QED) is 0.0781. The molecule has 0 heterocycles. The van der Waals surface area contributed by atoms with Gasteiger partial charge in [0.05, 0.1) is 38.8 Å². The van der Waals surface area contributed by atoms with Gasteiger partial charge >= 0.3 is 29.8 Å². The van der Waals surface area contributed by atoms with Gasteiger partial charge in [-0.15, -0.1) is 0 Å². The lowest BCUT2D eigenvalue weighted by Gasteiger charge is -2.34. The number of ether oxygens (including phenoxy) is 1. The number of hydrogen-bond donors (Lipinski definition) is 7. The molecular formula is C21H29N3O15S. The summed E-state index contributed by atoms with van der Waals surface area (Å²) >= 11 is 0. The highest BCUT2D eigenvalue weighted by atomic mass is 32.2. The van der Waals surface area contributed by atoms with Gasteiger partial charge in [0.1, 0.15) is 23.0 Å². The minimum Gasteiger partial charge on any atom is -0.508 e. The van der Waals surface area contributed by atoms with Gasteiger partial charge in [0.25, 0.3) is 10.1 Å². The molecule has 19 heteroatoms. The van der Waals surface area contributed by atoms with E-state index in [2.05, 4.69) is 0 Å². The largest absolute Gasteiger partial charge is 0.508 e. The van der Waals surface area contributed by atoms with Crippen molar-refractivity contribution in [1.82, 2.24) is 14.7 Å². The zero-order chi connectivity index (χ0) is 30.6. The summed E-state index contributed by atoms with van der Waals surface area (Å²) < 4.78 is 38.3. The number of aliphatic carboxylic acids is 5. The Hall–Kier alpha value is -4.04. The smallest absolute Gasteiger partial charge is 0.317 e. The zero-order valence-corrected chi connectivity index (χ0v) is 21.6. The third-order valence-electron chi connectivity index (χ3n) is 5.11. The minimum absolute atomic E-state index is 0.257. The molecule has 1 atom stereocenters. The maximum Gasteiger partial charge on any atom is 0.317 e. The number of benzene rings is 1. The van der Waals surface area contributed by atoms with Crippen molar-refractivity contribution < 1.29 is 72.3 Å². The number of nitrogens with zero attached hydrogens (tertiary/aromatic N) is 3. The molecule has 1 rings (SSSR count). The van der Waals surface area contributed by atoms with Crippen molar-refractivity contribution in [3.8, 4) is 11.5 Å². The maximum absolute atomic E-state index is 11.7. The van der Waals surface area contributed by atoms with Crippen molar-refractivity contribution in [2.45, 2.75) is 10.9 Å². The predicted octanol–water partition coefficient (Wildman–Crippen LogP) is -2.28. The molecule has 0 aliphatic heterocycles. The van der Waals surface area contributed by atoms with Gasteiger partial charge in [-0.2, -0.15) is 8.42 Å². The molecule has 40 heavy (non-hydrogen) atoms. The summed E-state index contributed by atoms with van der Waals surface area (Å²) in [6, 6.07) is 1.41. The molecule has 0 fully saturated rings. The van der Waals surface area contributed by atoms with Crippen molar-refractivity contribution in [3.63, 3.8) is 0 Å². The first-order valence-corrected chi connectivity index (χ1v) is 12.6. The fourth-order valence-corrected chi connectivity index (χ4v) is 4.19. The normalized spacial score (nSPS) is 12.4. The summed E-state index contributed by atoms with van der Waals surface area (Å²) in [6.07, 6.45) is 0. The van der Waals surface area contributed by atoms with E-state index in [-0.39, 0.29) is 13.1 Å². The van der Waals surface area contributed by atoms with E-state index in [0.29, 0.717) is 6.07 Å². The average molecular weight is 596 g/mol. The molecule has 1 aromatic rings. The number of carbonyl (C=O) groups is 5. The third kappa shape index (κ3) is 13.2. The van der Waals surface area contributed by atoms with E-state index in [1.165, 1.54) is 0 Å². The second-order valence-electron chi connectivity index (χ2n) is 8.39. The molecule has 224 valence electrons. The third-order valence-corrected chi connectivity index (χ3v) is 5.98. The Morgan fingerprint density at radius 2 is 1.20 bits per heavy atom. The molecule has 0 saturated heterocycles. The van der Waals surface area contributed by atoms with Crippen LogP contribution in [0.2, 0.25) is 0 Å². The van der Waals surface area contributed by atoms with Gasteiger partial charge in [-0.25, -0.2) is 0 Å². The summed E-state index contributed by atoms with van der Waals surface area (Å²) in [5.74, 6) is -8.05. The van der Waals surface area contributed by atoms with Gasteiger partial charge in [-0.3, -0.25) is 43.2 Å². The molecule has 18 nitrogen and oxygen atoms in total. The molecule has 0 bridgehead atoms. The number of carboxylic acid groups (broad SMARTS) is 5. The first-order valence-electron chi connectivity index (χ1n) is 11.2. The molecule has 0 aliphatic rings. The van der Waals surface area contributed by atoms with Crippen LogP contribution in [0.4, 0.5) is 0 Å². The standard InChI is InChI=1S/C21H29N3O15S/c25-14-1-2-15(16(5-14)40(36,37)38)39-12-13(24(10-20(32)33)11-21(34)35)6-22(7-17(26)27)3-4-23(8-18(28)29)9-19(30)31/h1-2,5,13,25H,3-4,6-12H2,(H,26,27)(H,28,29)(H,30,31)(H,32,33)(H,34,35)(H,36,37,38). The van der Waals surface area contributed by atoms with Crippen LogP contribution in [0, 0.1) is 0 Å². The van der Waals surface area contributed by atoms with Crippen LogP contribution in [0.1, 0.15) is 0 Å². The Kier molecular flexibility index (Phi) is 13.2. The Bertz CT molecular complexity index is 1160. The molecule has 0 amide bonds. The topological polar surface area (TPSA) is 280 Å². The molecule has 1 unspecified atom stereocenters. The Balaban J connectivity index is 3.34. The molecule has 1 aromatic carbocycles. The monoisotopic (exact) mass is 595 g/mol. The molecule has 0 aliphatic carbocycles. The van der Waals surface area contributed by atoms with Gasteiger partial charge in [-0.05, 0) is 12.1 Å². The van der Waals surface area contributed by atoms with Gasteiger partial charge in [0.15, 0.2) is 0 Å². The molecular weight excluding hydrogens is 566 g/mol. The van der Waals surface area contributed by atoms with Crippen LogP contribution < -0.4 is 4.74 Å². The van der Waals surface area contributed by atoms with E-state index in [1.54, 1.807) is 0 Å². The Morgan fingerprint density at radius 3 is 1.65 bits per heavy atom. The summed E-state index contributed by atoms with van der Waals surface area (Å²) in [5, 5.41) is 55.5. The van der Waals surface area contributed by atoms with E-state index in [4.69, 9.17) is 14.9 Å². The summed E-state index contributed by atoms with van der Waals surface area (Å²) in [7, 11) is -4.92. The number of rotatable bonds is 20. The molecule has 0 aromatic heterocycles. The first-order chi connectivity index (χ1) is 18.5. The lowest BCUT2D eigenvalue weighted by atomic mass is 10.2. The average Bonchev–Trinajstić information content (AvgIpc) is 2.77. The van der Waals surface area contributed by atoms with Crippen LogP contribution >= 0.6 is 0 Å². The van der Waals surface area contributed by atoms with Crippen LogP contribution in [-0.2, 0) is 34.1 Å². The number of carboxylic acids is 5. The highest BCUT2D eigenvalue weighted by Gasteiger charge is 2.28. The van der Waals surface area contributed by atoms with Crippen LogP contribution in [-0.4, -0.2) is 153 Å². The predicted molar refractivity (Wildman–Crippen MR) is 130 cm³/mol. The number of hydrogen-bond acceptors (Lipinski definition) is 12. The van der Waals surface area contributed by atoms with Crippen LogP contribution in [0.25, 0.3) is 0 Å². The lowest BCUT2D eigenvalue weighted by molar-refractivity contribution is -0.144. The van der Waals surface area contributed by atoms with Crippen molar-refractivity contribution >= 4 is 40.0 Å². The van der Waals surface area contributed by atoms with E-state index < -0.39 is 108 Å². The molecule has 7 N–H and O–H groups in total. The van der Waals surface area contributed by atoms with Crippen molar-refractivity contribution in [2.75, 3.05) is 59.0 Å². The lowest BCUT2D eigenvalue weighted by Crippen LogP contribution is -2.52. The van der Waals surface area contributed by atoms with Crippen molar-refractivity contribution in [3.05, 3.63) is 18.2 Å². The van der Waals surface area contributed by atoms with E-state index in [0.717, 1.165) is 26.8 Å². The summed E-state index contributed by atoms with van der Waals surface area (Å²) in [4.78, 5) is 58.7. The van der Waals surface area contributed by atoms with Crippen LogP contribution in [0.15, 0.2) is 23.1 Å². The highest BCUT2D eigenvalue weighted by molar-refractivity contribution is 7.86. The minimum atomic E-state index is -4.92. The zero-order valence-electron chi connectivity index (χ0n) is 20.8. The van der Waals surface area contributed by atoms with Gasteiger partial charge in [-0.1, -0.05) is 0 Å². The maximum atomic E-state index is 11.7. The Morgan fingerprint density at radius 1 is 0.750 bits per heavy atom. The van der Waals surface area contributed by atoms with E-state index in [1.807, 2.05) is 0 Å². The first kappa shape index (κ1) is 34.0. The van der Waals surface area contributed by atoms with Gasteiger partial charge in [0.2, 0.25) is 0 Å². The summed E-state index contributed by atoms with van der Waals surface area (Å²) in [6.45, 7) is -5.41. The fraction of sp³-hybridized carbons (Fsp3) is 0.476. The second kappa shape index (κ2) is 15.5. The number of phenols is 1. The van der Waals surface area contributed by atoms with E-state index in [9.17, 15) is 57.4 Å². The number of aromatic hydroxyl groups is 1. The van der Waals surface area contributed by atoms with E-state index >= 15 is 0 Å². The SMILES string of the molecule is O=C(O)CN(CCN(CC(=O)O)CC(COc1ccc(O)cc1S(=O)(=O)O)N(CC(=O)O)CC(=O)O)CC(=O)O. The number of phenolic OH excluding ortho intramolecular Hbond substituents is 1. The van der Waals surface area contributed by atoms with Gasteiger partial charge in [0, 0.05) is 25.7 Å². The van der Waals surface area contributed by atoms with Crippen molar-refractivity contribution in [2.24, 2.45) is 0 Å². The van der Waals surface area contributed by atoms with Crippen LogP contribution in [0.5, 0.6) is 11.5 Å². The van der Waals surface area contributed by atoms with Crippen molar-refractivity contribution in [1.29, 1.82) is 0 Å². The molecule has 0 spiro atoms. The summed E-state index contributed by atoms with van der Waals surface area (Å²) in [5.41, 5.74) is 0. The fourth-order valence-electron chi connectivity index (χ4n) is 3.54.